The number of nitrogens with zero attached hydrogens (tertiary/aromatic N) is 3. The Morgan fingerprint density at radius 2 is 1.59 bits per heavy atom. The molecule has 6 nitrogen and oxygen atoms in total. The number of hydrogen-bond donors (Lipinski definition) is 0. The van der Waals surface area contributed by atoms with Crippen molar-refractivity contribution in [1.29, 1.82) is 0 Å². The van der Waals surface area contributed by atoms with Crippen LogP contribution in [0, 0.1) is 0 Å². The molecule has 2 aromatic carbocycles. The molecule has 168 valence electrons. The van der Waals surface area contributed by atoms with Crippen LogP contribution < -0.4 is 0 Å². The molecule has 1 amide bonds. The maximum atomic E-state index is 13.2. The van der Waals surface area contributed by atoms with Gasteiger partial charge >= 0.3 is 0 Å². The van der Waals surface area contributed by atoms with Crippen LogP contribution in [0.25, 0.3) is 10.2 Å². The molecular weight excluding hydrogens is 442 g/mol. The Labute approximate surface area is 192 Å². The van der Waals surface area contributed by atoms with Gasteiger partial charge in [-0.15, -0.1) is 11.3 Å². The molecule has 2 aliphatic rings. The number of para-hydroxylation sites is 1. The Morgan fingerprint density at radius 1 is 0.906 bits per heavy atom. The van der Waals surface area contributed by atoms with Crippen molar-refractivity contribution in [3.05, 3.63) is 59.1 Å². The highest BCUT2D eigenvalue weighted by Gasteiger charge is 2.31. The number of piperidine rings is 2. The van der Waals surface area contributed by atoms with E-state index in [1.165, 1.54) is 4.70 Å². The molecule has 3 aromatic rings. The van der Waals surface area contributed by atoms with Gasteiger partial charge in [0.25, 0.3) is 5.91 Å². The summed E-state index contributed by atoms with van der Waals surface area (Å²) in [6, 6.07) is 14.6. The second kappa shape index (κ2) is 8.92. The zero-order chi connectivity index (χ0) is 22.1. The minimum absolute atomic E-state index is 0.00898. The molecule has 5 rings (SSSR count). The maximum absolute atomic E-state index is 13.2. The first kappa shape index (κ1) is 21.6. The number of thiazole rings is 1. The standard InChI is InChI=1S/C24H27N3O3S2/c28-24(26-14-4-1-5-15-26)19-8-10-20(11-9-19)32(29,30)27-16-12-18(13-17-27)23-25-21-6-2-3-7-22(21)31-23/h2-3,6-11,18H,1,4-5,12-17H2. The number of amides is 1. The van der Waals surface area contributed by atoms with E-state index in [2.05, 4.69) is 6.07 Å². The molecule has 2 fully saturated rings. The first-order valence-corrected chi connectivity index (χ1v) is 13.5. The van der Waals surface area contributed by atoms with Crippen LogP contribution in [0.1, 0.15) is 53.4 Å². The molecule has 0 aliphatic carbocycles. The normalized spacial score (nSPS) is 18.8. The fourth-order valence-electron chi connectivity index (χ4n) is 4.61. The second-order valence-electron chi connectivity index (χ2n) is 8.58. The van der Waals surface area contributed by atoms with E-state index in [0.29, 0.717) is 24.6 Å². The minimum Gasteiger partial charge on any atom is -0.339 e. The molecule has 3 heterocycles. The lowest BCUT2D eigenvalue weighted by molar-refractivity contribution is 0.0724. The predicted molar refractivity (Wildman–Crippen MR) is 127 cm³/mol. The third kappa shape index (κ3) is 4.19. The summed E-state index contributed by atoms with van der Waals surface area (Å²) in [5, 5.41) is 1.10. The molecule has 0 radical (unpaired) electrons. The summed E-state index contributed by atoms with van der Waals surface area (Å²) in [6.45, 7) is 2.53. The average molecular weight is 470 g/mol. The van der Waals surface area contributed by atoms with Gasteiger partial charge in [0.1, 0.15) is 0 Å². The molecule has 0 unspecified atom stereocenters. The van der Waals surface area contributed by atoms with Crippen LogP contribution in [-0.4, -0.2) is 54.7 Å². The Hall–Kier alpha value is -2.29. The van der Waals surface area contributed by atoms with E-state index in [1.54, 1.807) is 39.9 Å². The Bertz CT molecular complexity index is 1170. The van der Waals surface area contributed by atoms with Gasteiger partial charge in [-0.2, -0.15) is 4.31 Å². The molecule has 0 spiro atoms. The van der Waals surface area contributed by atoms with Crippen molar-refractivity contribution in [3.63, 3.8) is 0 Å². The van der Waals surface area contributed by atoms with Crippen molar-refractivity contribution >= 4 is 37.5 Å². The zero-order valence-electron chi connectivity index (χ0n) is 17.9. The zero-order valence-corrected chi connectivity index (χ0v) is 19.6. The molecule has 2 saturated heterocycles. The molecule has 2 aliphatic heterocycles. The molecule has 1 aromatic heterocycles. The van der Waals surface area contributed by atoms with Gasteiger partial charge in [0.2, 0.25) is 10.0 Å². The summed E-state index contributed by atoms with van der Waals surface area (Å²) in [7, 11) is -3.57. The molecule has 0 saturated carbocycles. The lowest BCUT2D eigenvalue weighted by Crippen LogP contribution is -2.38. The number of rotatable bonds is 4. The fraction of sp³-hybridized carbons (Fsp3) is 0.417. The Kier molecular flexibility index (Phi) is 6.01. The van der Waals surface area contributed by atoms with E-state index in [4.69, 9.17) is 4.98 Å². The van der Waals surface area contributed by atoms with Gasteiger partial charge in [0.05, 0.1) is 20.1 Å². The topological polar surface area (TPSA) is 70.6 Å². The second-order valence-corrected chi connectivity index (χ2v) is 11.6. The van der Waals surface area contributed by atoms with Crippen LogP contribution in [0.3, 0.4) is 0 Å². The third-order valence-corrected chi connectivity index (χ3v) is 9.61. The largest absolute Gasteiger partial charge is 0.339 e. The monoisotopic (exact) mass is 469 g/mol. The molecule has 0 bridgehead atoms. The van der Waals surface area contributed by atoms with Crippen LogP contribution in [0.2, 0.25) is 0 Å². The summed E-state index contributed by atoms with van der Waals surface area (Å²) in [5.74, 6) is 0.286. The quantitative estimate of drug-likeness (QED) is 0.564. The first-order valence-electron chi connectivity index (χ1n) is 11.3. The van der Waals surface area contributed by atoms with Gasteiger partial charge in [-0.3, -0.25) is 4.79 Å². The van der Waals surface area contributed by atoms with Gasteiger partial charge in [-0.1, -0.05) is 12.1 Å². The summed E-state index contributed by atoms with van der Waals surface area (Å²) in [5.41, 5.74) is 1.57. The Morgan fingerprint density at radius 3 is 2.28 bits per heavy atom. The van der Waals surface area contributed by atoms with Crippen molar-refractivity contribution in [1.82, 2.24) is 14.2 Å². The molecule has 0 atom stereocenters. The average Bonchev–Trinajstić information content (AvgIpc) is 3.29. The van der Waals surface area contributed by atoms with Gasteiger partial charge < -0.3 is 4.90 Å². The van der Waals surface area contributed by atoms with E-state index in [-0.39, 0.29) is 10.8 Å². The smallest absolute Gasteiger partial charge is 0.253 e. The number of sulfonamides is 1. The lowest BCUT2D eigenvalue weighted by atomic mass is 9.99. The third-order valence-electron chi connectivity index (χ3n) is 6.50. The number of likely N-dealkylation sites (tertiary alicyclic amines) is 1. The first-order chi connectivity index (χ1) is 15.5. The summed E-state index contributed by atoms with van der Waals surface area (Å²) < 4.78 is 29.1. The van der Waals surface area contributed by atoms with Crippen molar-refractivity contribution in [2.45, 2.75) is 42.9 Å². The van der Waals surface area contributed by atoms with E-state index in [1.807, 2.05) is 23.1 Å². The summed E-state index contributed by atoms with van der Waals surface area (Å²) in [4.78, 5) is 19.5. The minimum atomic E-state index is -3.57. The van der Waals surface area contributed by atoms with Crippen molar-refractivity contribution in [2.75, 3.05) is 26.2 Å². The highest BCUT2D eigenvalue weighted by molar-refractivity contribution is 7.89. The summed E-state index contributed by atoms with van der Waals surface area (Å²) >= 11 is 1.71. The molecule has 8 heteroatoms. The SMILES string of the molecule is O=C(c1ccc(S(=O)(=O)N2CCC(c3nc4ccccc4s3)CC2)cc1)N1CCCCC1. The van der Waals surface area contributed by atoms with Crippen LogP contribution in [-0.2, 0) is 10.0 Å². The molecular formula is C24H27N3O3S2. The fourth-order valence-corrected chi connectivity index (χ4v) is 7.21. The molecule has 32 heavy (non-hydrogen) atoms. The van der Waals surface area contributed by atoms with E-state index < -0.39 is 10.0 Å². The van der Waals surface area contributed by atoms with Crippen molar-refractivity contribution in [3.8, 4) is 0 Å². The Balaban J connectivity index is 1.25. The number of benzene rings is 2. The highest BCUT2D eigenvalue weighted by atomic mass is 32.2. The van der Waals surface area contributed by atoms with Crippen molar-refractivity contribution < 1.29 is 13.2 Å². The van der Waals surface area contributed by atoms with Gasteiger partial charge in [0, 0.05) is 37.7 Å². The lowest BCUT2D eigenvalue weighted by Gasteiger charge is -2.30. The summed E-state index contributed by atoms with van der Waals surface area (Å²) in [6.07, 6.45) is 4.77. The number of aromatic nitrogens is 1. The van der Waals surface area contributed by atoms with Crippen LogP contribution in [0.4, 0.5) is 0 Å². The predicted octanol–water partition coefficient (Wildman–Crippen LogP) is 4.49. The number of hydrogen-bond acceptors (Lipinski definition) is 5. The van der Waals surface area contributed by atoms with Crippen LogP contribution in [0.5, 0.6) is 0 Å². The number of carbonyl (C=O) groups is 1. The van der Waals surface area contributed by atoms with Crippen molar-refractivity contribution in [2.24, 2.45) is 0 Å². The van der Waals surface area contributed by atoms with Gasteiger partial charge in [-0.05, 0) is 68.5 Å². The number of carbonyl (C=O) groups excluding carboxylic acids is 1. The maximum Gasteiger partial charge on any atom is 0.253 e. The van der Waals surface area contributed by atoms with Crippen LogP contribution in [0.15, 0.2) is 53.4 Å². The van der Waals surface area contributed by atoms with E-state index in [0.717, 1.165) is 55.7 Å². The molecule has 0 N–H and O–H groups in total. The van der Waals surface area contributed by atoms with Gasteiger partial charge in [-0.25, -0.2) is 13.4 Å². The number of fused-ring (bicyclic) bond motifs is 1. The highest BCUT2D eigenvalue weighted by Crippen LogP contribution is 2.35. The van der Waals surface area contributed by atoms with Crippen LogP contribution >= 0.6 is 11.3 Å². The van der Waals surface area contributed by atoms with E-state index >= 15 is 0 Å². The van der Waals surface area contributed by atoms with Gasteiger partial charge in [0.15, 0.2) is 0 Å². The van der Waals surface area contributed by atoms with E-state index in [9.17, 15) is 13.2 Å².